The van der Waals surface area contributed by atoms with Gasteiger partial charge in [0, 0.05) is 24.9 Å². The molecule has 0 aliphatic carbocycles. The van der Waals surface area contributed by atoms with Crippen LogP contribution in [0.4, 0.5) is 0 Å². The summed E-state index contributed by atoms with van der Waals surface area (Å²) in [6.07, 6.45) is 1.02. The Kier molecular flexibility index (Phi) is 5.97. The van der Waals surface area contributed by atoms with Gasteiger partial charge >= 0.3 is 0 Å². The third kappa shape index (κ3) is 4.58. The van der Waals surface area contributed by atoms with Crippen LogP contribution in [0.5, 0.6) is 0 Å². The highest BCUT2D eigenvalue weighted by atomic mass is 16.1. The number of tetrazole rings is 1. The molecule has 0 fully saturated rings. The second-order valence-corrected chi connectivity index (χ2v) is 7.87. The van der Waals surface area contributed by atoms with Crippen LogP contribution in [0, 0.1) is 5.92 Å². The topological polar surface area (TPSA) is 102 Å². The van der Waals surface area contributed by atoms with Gasteiger partial charge < -0.3 is 0 Å². The molecule has 8 nitrogen and oxygen atoms in total. The number of aromatic nitrogens is 7. The van der Waals surface area contributed by atoms with Crippen molar-refractivity contribution in [2.45, 2.75) is 40.2 Å². The van der Waals surface area contributed by atoms with E-state index in [0.717, 1.165) is 34.6 Å². The van der Waals surface area contributed by atoms with Gasteiger partial charge in [-0.15, -0.1) is 10.2 Å². The Balaban J connectivity index is 1.61. The van der Waals surface area contributed by atoms with Gasteiger partial charge in [-0.2, -0.15) is 0 Å². The Bertz CT molecular complexity index is 1160. The summed E-state index contributed by atoms with van der Waals surface area (Å²) in [5, 5.41) is 18.7. The van der Waals surface area contributed by atoms with E-state index in [-0.39, 0.29) is 5.78 Å². The first-order valence-electron chi connectivity index (χ1n) is 10.4. The zero-order chi connectivity index (χ0) is 21.8. The summed E-state index contributed by atoms with van der Waals surface area (Å²) in [7, 11) is 0. The van der Waals surface area contributed by atoms with E-state index in [1.807, 2.05) is 29.8 Å². The number of aromatic amines is 1. The van der Waals surface area contributed by atoms with Gasteiger partial charge in [0.2, 0.25) is 11.6 Å². The molecular formula is C23H25N7O. The van der Waals surface area contributed by atoms with Gasteiger partial charge in [0.05, 0.1) is 0 Å². The van der Waals surface area contributed by atoms with E-state index in [9.17, 15) is 4.79 Å². The molecule has 31 heavy (non-hydrogen) atoms. The summed E-state index contributed by atoms with van der Waals surface area (Å²) in [5.74, 6) is 2.14. The molecule has 0 saturated carbocycles. The highest BCUT2D eigenvalue weighted by molar-refractivity contribution is 5.92. The normalized spacial score (nSPS) is 11.2. The van der Waals surface area contributed by atoms with E-state index in [1.165, 1.54) is 0 Å². The maximum absolute atomic E-state index is 12.1. The lowest BCUT2D eigenvalue weighted by molar-refractivity contribution is 0.0977. The van der Waals surface area contributed by atoms with Crippen molar-refractivity contribution >= 4 is 5.78 Å². The minimum absolute atomic E-state index is 0.0300. The number of nitrogens with one attached hydrogen (secondary N) is 1. The first kappa shape index (κ1) is 20.6. The predicted molar refractivity (Wildman–Crippen MR) is 117 cm³/mol. The summed E-state index contributed by atoms with van der Waals surface area (Å²) >= 11 is 0. The van der Waals surface area contributed by atoms with Gasteiger partial charge in [-0.3, -0.25) is 4.79 Å². The molecule has 4 aromatic rings. The average molecular weight is 416 g/mol. The molecular weight excluding hydrogens is 390 g/mol. The smallest absolute Gasteiger partial charge is 0.217 e. The monoisotopic (exact) mass is 415 g/mol. The zero-order valence-electron chi connectivity index (χ0n) is 17.9. The molecule has 0 bridgehead atoms. The number of benzene rings is 2. The lowest BCUT2D eigenvalue weighted by Crippen LogP contribution is -2.11. The molecule has 2 aromatic heterocycles. The summed E-state index contributed by atoms with van der Waals surface area (Å²) < 4.78 is 1.87. The lowest BCUT2D eigenvalue weighted by atomic mass is 9.98. The van der Waals surface area contributed by atoms with Gasteiger partial charge in [0.1, 0.15) is 5.82 Å². The fourth-order valence-electron chi connectivity index (χ4n) is 3.47. The van der Waals surface area contributed by atoms with Crippen molar-refractivity contribution in [3.63, 3.8) is 0 Å². The Morgan fingerprint density at radius 2 is 1.81 bits per heavy atom. The largest absolute Gasteiger partial charge is 0.291 e. The van der Waals surface area contributed by atoms with Gasteiger partial charge in [0.15, 0.2) is 5.82 Å². The van der Waals surface area contributed by atoms with Crippen LogP contribution in [0.2, 0.25) is 0 Å². The Morgan fingerprint density at radius 1 is 1.06 bits per heavy atom. The number of H-pyrrole nitrogens is 1. The Hall–Kier alpha value is -3.68. The molecule has 2 aromatic carbocycles. The summed E-state index contributed by atoms with van der Waals surface area (Å²) in [5.41, 5.74) is 4.17. The fraction of sp³-hybridized carbons (Fsp3) is 0.304. The third-order valence-corrected chi connectivity index (χ3v) is 5.01. The molecule has 0 atom stereocenters. The number of rotatable bonds is 8. The number of nitrogens with zero attached hydrogens (tertiary/aromatic N) is 6. The van der Waals surface area contributed by atoms with Crippen molar-refractivity contribution in [3.8, 4) is 22.5 Å². The SMILES string of the molecule is CCC(=O)c1nc(Cc2ccc(-c3ccccc3-c3nnn[nH]3)cc2)n(CC(C)C)n1. The van der Waals surface area contributed by atoms with Crippen LogP contribution < -0.4 is 0 Å². The summed E-state index contributed by atoms with van der Waals surface area (Å²) in [4.78, 5) is 16.6. The van der Waals surface area contributed by atoms with Crippen molar-refractivity contribution in [2.75, 3.05) is 0 Å². The number of carbonyl (C=O) groups excluding carboxylic acids is 1. The van der Waals surface area contributed by atoms with E-state index in [1.54, 1.807) is 0 Å². The molecule has 0 amide bonds. The lowest BCUT2D eigenvalue weighted by Gasteiger charge is -2.10. The van der Waals surface area contributed by atoms with Crippen LogP contribution >= 0.6 is 0 Å². The van der Waals surface area contributed by atoms with Crippen LogP contribution in [-0.4, -0.2) is 41.2 Å². The highest BCUT2D eigenvalue weighted by Crippen LogP contribution is 2.30. The van der Waals surface area contributed by atoms with E-state index >= 15 is 0 Å². The van der Waals surface area contributed by atoms with E-state index in [0.29, 0.717) is 30.4 Å². The van der Waals surface area contributed by atoms with E-state index in [4.69, 9.17) is 0 Å². The minimum Gasteiger partial charge on any atom is -0.291 e. The molecule has 4 rings (SSSR count). The van der Waals surface area contributed by atoms with Crippen LogP contribution in [-0.2, 0) is 13.0 Å². The van der Waals surface area contributed by atoms with Crippen molar-refractivity contribution < 1.29 is 4.79 Å². The summed E-state index contributed by atoms with van der Waals surface area (Å²) in [6.45, 7) is 6.82. The van der Waals surface area contributed by atoms with E-state index < -0.39 is 0 Å². The van der Waals surface area contributed by atoms with E-state index in [2.05, 4.69) is 74.9 Å². The third-order valence-electron chi connectivity index (χ3n) is 5.01. The quantitative estimate of drug-likeness (QED) is 0.437. The maximum Gasteiger partial charge on any atom is 0.217 e. The van der Waals surface area contributed by atoms with Crippen molar-refractivity contribution in [1.29, 1.82) is 0 Å². The number of Topliss-reactive ketones (excluding diaryl/α,β-unsaturated/α-hetero) is 1. The standard InChI is InChI=1S/C23H25N7O/c1-4-20(31)23-24-21(30(27-23)14-15(2)3)13-16-9-11-17(12-10-16)18-7-5-6-8-19(18)22-25-28-29-26-22/h5-12,15H,4,13-14H2,1-3H3,(H,25,26,28,29). The van der Waals surface area contributed by atoms with Gasteiger partial charge in [-0.05, 0) is 33.0 Å². The molecule has 2 heterocycles. The van der Waals surface area contributed by atoms with Crippen LogP contribution in [0.3, 0.4) is 0 Å². The van der Waals surface area contributed by atoms with Crippen LogP contribution in [0.15, 0.2) is 48.5 Å². The van der Waals surface area contributed by atoms with Crippen LogP contribution in [0.1, 0.15) is 49.2 Å². The van der Waals surface area contributed by atoms with Crippen molar-refractivity contribution in [1.82, 2.24) is 35.4 Å². The molecule has 158 valence electrons. The van der Waals surface area contributed by atoms with Gasteiger partial charge in [-0.25, -0.2) is 14.8 Å². The van der Waals surface area contributed by atoms with Crippen molar-refractivity contribution in [3.05, 3.63) is 65.7 Å². The Labute approximate surface area is 180 Å². The van der Waals surface area contributed by atoms with Crippen molar-refractivity contribution in [2.24, 2.45) is 5.92 Å². The average Bonchev–Trinajstić information content (AvgIpc) is 3.44. The first-order valence-corrected chi connectivity index (χ1v) is 10.4. The van der Waals surface area contributed by atoms with Gasteiger partial charge in [0.25, 0.3) is 0 Å². The highest BCUT2D eigenvalue weighted by Gasteiger charge is 2.16. The molecule has 0 spiro atoms. The predicted octanol–water partition coefficient (Wildman–Crippen LogP) is 3.96. The van der Waals surface area contributed by atoms with Crippen LogP contribution in [0.25, 0.3) is 22.5 Å². The van der Waals surface area contributed by atoms with Gasteiger partial charge in [-0.1, -0.05) is 69.3 Å². The number of hydrogen-bond donors (Lipinski definition) is 1. The first-order chi connectivity index (χ1) is 15.0. The fourth-order valence-corrected chi connectivity index (χ4v) is 3.47. The molecule has 0 aliphatic heterocycles. The molecule has 0 unspecified atom stereocenters. The molecule has 0 aliphatic rings. The molecule has 1 N–H and O–H groups in total. The molecule has 0 radical (unpaired) electrons. The minimum atomic E-state index is -0.0300. The Morgan fingerprint density at radius 3 is 2.45 bits per heavy atom. The number of carbonyl (C=O) groups is 1. The number of hydrogen-bond acceptors (Lipinski definition) is 6. The zero-order valence-corrected chi connectivity index (χ0v) is 17.9. The molecule has 0 saturated heterocycles. The molecule has 8 heteroatoms. The number of ketones is 1. The second kappa shape index (κ2) is 8.99. The maximum atomic E-state index is 12.1. The summed E-state index contributed by atoms with van der Waals surface area (Å²) in [6, 6.07) is 16.3. The second-order valence-electron chi connectivity index (χ2n) is 7.87.